The smallest absolute Gasteiger partial charge is 0.362 e. The Bertz CT molecular complexity index is 895. The second-order valence-corrected chi connectivity index (χ2v) is 15.3. The molecule has 0 spiro atoms. The summed E-state index contributed by atoms with van der Waals surface area (Å²) < 4.78 is 17.2. The molecule has 0 aliphatic heterocycles. The largest absolute Gasteiger partial charge is 0.477 e. The van der Waals surface area contributed by atoms with Crippen LogP contribution in [0.4, 0.5) is 0 Å². The van der Waals surface area contributed by atoms with Gasteiger partial charge < -0.3 is 23.8 Å². The van der Waals surface area contributed by atoms with Crippen LogP contribution in [0.25, 0.3) is 0 Å². The highest BCUT2D eigenvalue weighted by Gasteiger charge is 2.31. The molecule has 0 radical (unpaired) electrons. The minimum atomic E-state index is -0.879. The van der Waals surface area contributed by atoms with E-state index in [1.165, 1.54) is 96.3 Å². The maximum absolute atomic E-state index is 12.6. The number of carbonyl (C=O) groups is 3. The lowest BCUT2D eigenvalue weighted by atomic mass is 10.0. The number of ether oxygens (including phenoxy) is 3. The first-order valence-electron chi connectivity index (χ1n) is 20.9. The molecule has 0 aromatic rings. The molecule has 0 aliphatic rings. The number of unbranched alkanes of at least 4 members (excludes halogenated alkanes) is 20. The Balaban J connectivity index is 4.35. The molecule has 0 aromatic carbocycles. The second kappa shape index (κ2) is 34.9. The first kappa shape index (κ1) is 48.8. The van der Waals surface area contributed by atoms with Crippen molar-refractivity contribution >= 4 is 17.9 Å². The van der Waals surface area contributed by atoms with Crippen molar-refractivity contribution in [3.8, 4) is 0 Å². The maximum Gasteiger partial charge on any atom is 0.362 e. The average Bonchev–Trinajstić information content (AvgIpc) is 3.08. The standard InChI is InChI=1S/C43H79NO7/c1-6-8-10-12-14-16-18-19-20-21-22-24-25-27-29-31-33-41(45)50-38-39(37-49-36-35-40(43(47)48)44(3,4)5)51-42(46)34-32-30-28-26-23-17-15-13-11-9-7-2/h13,15,17,23,39-40H,6-12,14,16,18-22,24-38H2,1-5H3/p+1/b15-13+,23-17+. The summed E-state index contributed by atoms with van der Waals surface area (Å²) >= 11 is 0. The normalized spacial score (nSPS) is 13.2. The van der Waals surface area contributed by atoms with Crippen LogP contribution in [-0.4, -0.2) is 80.6 Å². The van der Waals surface area contributed by atoms with Crippen molar-refractivity contribution in [2.75, 3.05) is 41.0 Å². The van der Waals surface area contributed by atoms with Crippen LogP contribution >= 0.6 is 0 Å². The molecule has 51 heavy (non-hydrogen) atoms. The Morgan fingerprint density at radius 3 is 1.53 bits per heavy atom. The number of carbonyl (C=O) groups excluding carboxylic acids is 2. The van der Waals surface area contributed by atoms with Gasteiger partial charge in [-0.1, -0.05) is 154 Å². The van der Waals surface area contributed by atoms with Gasteiger partial charge >= 0.3 is 17.9 Å². The molecule has 0 heterocycles. The number of esters is 2. The van der Waals surface area contributed by atoms with E-state index in [0.717, 1.165) is 51.4 Å². The third-order valence-corrected chi connectivity index (χ3v) is 9.38. The number of nitrogens with zero attached hydrogens (tertiary/aromatic N) is 1. The van der Waals surface area contributed by atoms with Crippen molar-refractivity contribution < 1.29 is 38.2 Å². The topological polar surface area (TPSA) is 99.1 Å². The summed E-state index contributed by atoms with van der Waals surface area (Å²) in [5, 5.41) is 9.59. The highest BCUT2D eigenvalue weighted by Crippen LogP contribution is 2.15. The predicted molar refractivity (Wildman–Crippen MR) is 211 cm³/mol. The fourth-order valence-electron chi connectivity index (χ4n) is 6.07. The number of carboxylic acids is 1. The Morgan fingerprint density at radius 1 is 0.588 bits per heavy atom. The molecule has 0 saturated carbocycles. The highest BCUT2D eigenvalue weighted by atomic mass is 16.6. The van der Waals surface area contributed by atoms with Crippen LogP contribution in [0.15, 0.2) is 24.3 Å². The fourth-order valence-corrected chi connectivity index (χ4v) is 6.07. The molecule has 0 bridgehead atoms. The van der Waals surface area contributed by atoms with E-state index in [4.69, 9.17) is 14.2 Å². The van der Waals surface area contributed by atoms with Gasteiger partial charge in [-0.15, -0.1) is 0 Å². The first-order valence-corrected chi connectivity index (χ1v) is 20.9. The van der Waals surface area contributed by atoms with E-state index in [9.17, 15) is 19.5 Å². The summed E-state index contributed by atoms with van der Waals surface area (Å²) in [4.78, 5) is 36.8. The van der Waals surface area contributed by atoms with Crippen molar-refractivity contribution in [3.05, 3.63) is 24.3 Å². The zero-order valence-corrected chi connectivity index (χ0v) is 33.8. The Kier molecular flexibility index (Phi) is 33.4. The van der Waals surface area contributed by atoms with Gasteiger partial charge in [-0.3, -0.25) is 9.59 Å². The molecule has 8 heteroatoms. The fraction of sp³-hybridized carbons (Fsp3) is 0.837. The average molecular weight is 723 g/mol. The minimum Gasteiger partial charge on any atom is -0.477 e. The highest BCUT2D eigenvalue weighted by molar-refractivity contribution is 5.72. The van der Waals surface area contributed by atoms with Gasteiger partial charge in [0.25, 0.3) is 0 Å². The Hall–Kier alpha value is -2.19. The lowest BCUT2D eigenvalue weighted by Gasteiger charge is -2.31. The van der Waals surface area contributed by atoms with Gasteiger partial charge in [0.2, 0.25) is 0 Å². The molecular weight excluding hydrogens is 642 g/mol. The van der Waals surface area contributed by atoms with E-state index in [2.05, 4.69) is 38.2 Å². The summed E-state index contributed by atoms with van der Waals surface area (Å²) in [6.07, 6.45) is 36.5. The number of likely N-dealkylation sites (N-methyl/N-ethyl adjacent to an activating group) is 1. The monoisotopic (exact) mass is 723 g/mol. The van der Waals surface area contributed by atoms with Gasteiger partial charge in [-0.2, -0.15) is 0 Å². The molecular formula is C43H80NO7+. The number of hydrogen-bond donors (Lipinski definition) is 1. The SMILES string of the molecule is CCCC/C=C/C=C/CCCCCC(=O)OC(COCCC(C(=O)O)[N+](C)(C)C)COC(=O)CCCCCCCCCCCCCCCCCC. The number of allylic oxidation sites excluding steroid dienone is 4. The van der Waals surface area contributed by atoms with Gasteiger partial charge in [-0.05, 0) is 32.1 Å². The predicted octanol–water partition coefficient (Wildman–Crippen LogP) is 10.9. The maximum atomic E-state index is 12.6. The van der Waals surface area contributed by atoms with Crippen molar-refractivity contribution in [3.63, 3.8) is 0 Å². The van der Waals surface area contributed by atoms with Gasteiger partial charge in [0, 0.05) is 19.3 Å². The molecule has 0 aromatic heterocycles. The second-order valence-electron chi connectivity index (χ2n) is 15.3. The number of hydrogen-bond acceptors (Lipinski definition) is 6. The molecule has 2 unspecified atom stereocenters. The Labute approximate surface area is 313 Å². The summed E-state index contributed by atoms with van der Waals surface area (Å²) in [5.41, 5.74) is 0. The van der Waals surface area contributed by atoms with Gasteiger partial charge in [-0.25, -0.2) is 4.79 Å². The number of aliphatic carboxylic acids is 1. The third kappa shape index (κ3) is 33.4. The van der Waals surface area contributed by atoms with E-state index in [1.54, 1.807) is 0 Å². The van der Waals surface area contributed by atoms with E-state index in [0.29, 0.717) is 19.3 Å². The number of quaternary nitrogens is 1. The van der Waals surface area contributed by atoms with Gasteiger partial charge in [0.15, 0.2) is 12.1 Å². The Morgan fingerprint density at radius 2 is 1.04 bits per heavy atom. The van der Waals surface area contributed by atoms with Crippen molar-refractivity contribution in [2.45, 2.75) is 193 Å². The van der Waals surface area contributed by atoms with Gasteiger partial charge in [0.05, 0.1) is 34.4 Å². The molecule has 0 saturated heterocycles. The summed E-state index contributed by atoms with van der Waals surface area (Å²) in [5.74, 6) is -1.50. The van der Waals surface area contributed by atoms with Crippen molar-refractivity contribution in [2.24, 2.45) is 0 Å². The summed E-state index contributed by atoms with van der Waals surface area (Å²) in [6, 6.07) is -0.615. The molecule has 1 N–H and O–H groups in total. The summed E-state index contributed by atoms with van der Waals surface area (Å²) in [7, 11) is 5.51. The molecule has 0 rings (SSSR count). The van der Waals surface area contributed by atoms with Crippen LogP contribution in [0.3, 0.4) is 0 Å². The molecule has 298 valence electrons. The van der Waals surface area contributed by atoms with Gasteiger partial charge in [0.1, 0.15) is 6.61 Å². The lowest BCUT2D eigenvalue weighted by molar-refractivity contribution is -0.887. The molecule has 8 nitrogen and oxygen atoms in total. The van der Waals surface area contributed by atoms with Crippen LogP contribution in [0.5, 0.6) is 0 Å². The number of carboxylic acid groups (broad SMARTS) is 1. The third-order valence-electron chi connectivity index (χ3n) is 9.38. The molecule has 0 fully saturated rings. The zero-order chi connectivity index (χ0) is 37.8. The first-order chi connectivity index (χ1) is 24.6. The van der Waals surface area contributed by atoms with Crippen molar-refractivity contribution in [1.29, 1.82) is 0 Å². The zero-order valence-electron chi connectivity index (χ0n) is 33.8. The summed E-state index contributed by atoms with van der Waals surface area (Å²) in [6.45, 7) is 4.66. The quantitative estimate of drug-likeness (QED) is 0.0295. The number of rotatable bonds is 37. The van der Waals surface area contributed by atoms with E-state index in [-0.39, 0.29) is 36.2 Å². The molecule has 0 amide bonds. The van der Waals surface area contributed by atoms with Crippen LogP contribution < -0.4 is 0 Å². The van der Waals surface area contributed by atoms with E-state index >= 15 is 0 Å². The molecule has 2 atom stereocenters. The van der Waals surface area contributed by atoms with Crippen LogP contribution in [0, 0.1) is 0 Å². The van der Waals surface area contributed by atoms with E-state index < -0.39 is 18.1 Å². The van der Waals surface area contributed by atoms with Crippen molar-refractivity contribution in [1.82, 2.24) is 0 Å². The minimum absolute atomic E-state index is 0.0537. The van der Waals surface area contributed by atoms with Crippen LogP contribution in [0.1, 0.15) is 181 Å². The van der Waals surface area contributed by atoms with E-state index in [1.807, 2.05) is 21.1 Å². The van der Waals surface area contributed by atoms with Crippen LogP contribution in [-0.2, 0) is 28.6 Å². The lowest BCUT2D eigenvalue weighted by Crippen LogP contribution is -2.50. The molecule has 0 aliphatic carbocycles. The van der Waals surface area contributed by atoms with Crippen LogP contribution in [0.2, 0.25) is 0 Å².